The van der Waals surface area contributed by atoms with Crippen molar-refractivity contribution in [3.05, 3.63) is 35.4 Å². The van der Waals surface area contributed by atoms with Crippen LogP contribution < -0.4 is 10.6 Å². The van der Waals surface area contributed by atoms with Gasteiger partial charge >= 0.3 is 11.8 Å². The third-order valence-corrected chi connectivity index (χ3v) is 3.61. The standard InChI is InChI=1S/C17H27N3O2/c1-4-20(5-2)12-6-11-18-16(21)17(22)19-13-15-9-7-14(3)8-10-15/h7-10H,4-6,11-13H2,1-3H3,(H,18,21)(H,19,22). The molecule has 122 valence electrons. The number of nitrogens with one attached hydrogen (secondary N) is 2. The van der Waals surface area contributed by atoms with Gasteiger partial charge in [0.15, 0.2) is 0 Å². The van der Waals surface area contributed by atoms with Gasteiger partial charge in [0.1, 0.15) is 0 Å². The summed E-state index contributed by atoms with van der Waals surface area (Å²) in [6.07, 6.45) is 0.846. The van der Waals surface area contributed by atoms with Crippen molar-refractivity contribution >= 4 is 11.8 Å². The largest absolute Gasteiger partial charge is 0.348 e. The van der Waals surface area contributed by atoms with E-state index in [4.69, 9.17) is 0 Å². The van der Waals surface area contributed by atoms with E-state index in [0.717, 1.165) is 31.6 Å². The van der Waals surface area contributed by atoms with E-state index >= 15 is 0 Å². The van der Waals surface area contributed by atoms with Crippen LogP contribution >= 0.6 is 0 Å². The lowest BCUT2D eigenvalue weighted by atomic mass is 10.1. The topological polar surface area (TPSA) is 61.4 Å². The maximum atomic E-state index is 11.7. The number of rotatable bonds is 8. The molecule has 0 fully saturated rings. The Balaban J connectivity index is 2.22. The van der Waals surface area contributed by atoms with Gasteiger partial charge in [-0.3, -0.25) is 9.59 Å². The molecule has 1 aromatic rings. The summed E-state index contributed by atoms with van der Waals surface area (Å²) >= 11 is 0. The predicted octanol–water partition coefficient (Wildman–Crippen LogP) is 1.46. The van der Waals surface area contributed by atoms with Crippen molar-refractivity contribution < 1.29 is 9.59 Å². The zero-order valence-electron chi connectivity index (χ0n) is 13.8. The average Bonchev–Trinajstić information content (AvgIpc) is 2.54. The molecule has 0 aliphatic carbocycles. The van der Waals surface area contributed by atoms with E-state index in [2.05, 4.69) is 29.4 Å². The summed E-state index contributed by atoms with van der Waals surface area (Å²) in [7, 11) is 0. The van der Waals surface area contributed by atoms with Crippen LogP contribution in [0.1, 0.15) is 31.4 Å². The molecule has 0 aromatic heterocycles. The first-order valence-corrected chi connectivity index (χ1v) is 7.90. The van der Waals surface area contributed by atoms with Gasteiger partial charge in [-0.25, -0.2) is 0 Å². The lowest BCUT2D eigenvalue weighted by Crippen LogP contribution is -2.40. The molecule has 0 saturated carbocycles. The molecule has 0 bridgehead atoms. The monoisotopic (exact) mass is 305 g/mol. The summed E-state index contributed by atoms with van der Waals surface area (Å²) in [4.78, 5) is 25.6. The molecule has 1 rings (SSSR count). The van der Waals surface area contributed by atoms with Gasteiger partial charge in [-0.1, -0.05) is 43.7 Å². The van der Waals surface area contributed by atoms with Crippen LogP contribution in [0.3, 0.4) is 0 Å². The van der Waals surface area contributed by atoms with Gasteiger partial charge in [0, 0.05) is 13.1 Å². The first-order chi connectivity index (χ1) is 10.6. The van der Waals surface area contributed by atoms with Gasteiger partial charge in [-0.15, -0.1) is 0 Å². The van der Waals surface area contributed by atoms with Crippen molar-refractivity contribution in [2.24, 2.45) is 0 Å². The van der Waals surface area contributed by atoms with E-state index in [0.29, 0.717) is 13.1 Å². The van der Waals surface area contributed by atoms with E-state index in [1.807, 2.05) is 31.2 Å². The van der Waals surface area contributed by atoms with Crippen LogP contribution in [0, 0.1) is 6.92 Å². The molecule has 0 radical (unpaired) electrons. The van der Waals surface area contributed by atoms with Crippen LogP contribution in [-0.4, -0.2) is 42.9 Å². The van der Waals surface area contributed by atoms with Crippen LogP contribution in [0.2, 0.25) is 0 Å². The maximum absolute atomic E-state index is 11.7. The number of nitrogens with zero attached hydrogens (tertiary/aromatic N) is 1. The summed E-state index contributed by atoms with van der Waals surface area (Å²) < 4.78 is 0. The second-order valence-electron chi connectivity index (χ2n) is 5.30. The second kappa shape index (κ2) is 9.95. The Hall–Kier alpha value is -1.88. The number of amides is 2. The summed E-state index contributed by atoms with van der Waals surface area (Å²) in [5, 5.41) is 5.28. The Bertz CT molecular complexity index is 467. The molecule has 5 nitrogen and oxygen atoms in total. The van der Waals surface area contributed by atoms with Gasteiger partial charge in [-0.2, -0.15) is 0 Å². The molecule has 0 unspecified atom stereocenters. The normalized spacial score (nSPS) is 10.5. The Labute approximate surface area is 133 Å². The van der Waals surface area contributed by atoms with E-state index in [9.17, 15) is 9.59 Å². The fourth-order valence-corrected chi connectivity index (χ4v) is 2.09. The molecule has 2 N–H and O–H groups in total. The molecule has 22 heavy (non-hydrogen) atoms. The Morgan fingerprint density at radius 3 is 2.18 bits per heavy atom. The molecule has 1 aromatic carbocycles. The molecular weight excluding hydrogens is 278 g/mol. The van der Waals surface area contributed by atoms with Gasteiger partial charge in [0.05, 0.1) is 0 Å². The summed E-state index contributed by atoms with van der Waals surface area (Å²) in [6, 6.07) is 7.85. The SMILES string of the molecule is CCN(CC)CCCNC(=O)C(=O)NCc1ccc(C)cc1. The van der Waals surface area contributed by atoms with Crippen LogP contribution in [0.25, 0.3) is 0 Å². The molecule has 0 aliphatic rings. The van der Waals surface area contributed by atoms with Crippen molar-refractivity contribution in [3.8, 4) is 0 Å². The summed E-state index contributed by atoms with van der Waals surface area (Å²) in [6.45, 7) is 10.1. The lowest BCUT2D eigenvalue weighted by molar-refractivity contribution is -0.139. The van der Waals surface area contributed by atoms with E-state index in [1.165, 1.54) is 5.56 Å². The maximum Gasteiger partial charge on any atom is 0.309 e. The zero-order valence-corrected chi connectivity index (χ0v) is 13.8. The highest BCUT2D eigenvalue weighted by Gasteiger charge is 2.12. The Kier molecular flexibility index (Phi) is 8.22. The third-order valence-electron chi connectivity index (χ3n) is 3.61. The fraction of sp³-hybridized carbons (Fsp3) is 0.529. The molecule has 0 aliphatic heterocycles. The third kappa shape index (κ3) is 6.72. The van der Waals surface area contributed by atoms with Gasteiger partial charge in [0.2, 0.25) is 0 Å². The van der Waals surface area contributed by atoms with Crippen LogP contribution in [-0.2, 0) is 16.1 Å². The molecule has 0 spiro atoms. The minimum absolute atomic E-state index is 0.367. The summed E-state index contributed by atoms with van der Waals surface area (Å²) in [5.41, 5.74) is 2.15. The smallest absolute Gasteiger partial charge is 0.309 e. The van der Waals surface area contributed by atoms with Crippen molar-refractivity contribution in [2.45, 2.75) is 33.7 Å². The molecule has 2 amide bonds. The average molecular weight is 305 g/mol. The quantitative estimate of drug-likeness (QED) is 0.564. The summed E-state index contributed by atoms with van der Waals surface area (Å²) in [5.74, 6) is -1.14. The molecule has 0 heterocycles. The zero-order chi connectivity index (χ0) is 16.4. The van der Waals surface area contributed by atoms with Crippen LogP contribution in [0.5, 0.6) is 0 Å². The fourth-order valence-electron chi connectivity index (χ4n) is 2.09. The number of hydrogen-bond donors (Lipinski definition) is 2. The van der Waals surface area contributed by atoms with Gasteiger partial charge in [-0.05, 0) is 38.5 Å². The van der Waals surface area contributed by atoms with E-state index in [1.54, 1.807) is 0 Å². The second-order valence-corrected chi connectivity index (χ2v) is 5.30. The first kappa shape index (κ1) is 18.2. The van der Waals surface area contributed by atoms with Crippen molar-refractivity contribution in [1.82, 2.24) is 15.5 Å². The van der Waals surface area contributed by atoms with E-state index in [-0.39, 0.29) is 0 Å². The molecular formula is C17H27N3O2. The van der Waals surface area contributed by atoms with Gasteiger partial charge in [0.25, 0.3) is 0 Å². The number of hydrogen-bond acceptors (Lipinski definition) is 3. The minimum Gasteiger partial charge on any atom is -0.348 e. The number of benzene rings is 1. The Morgan fingerprint density at radius 2 is 1.59 bits per heavy atom. The molecule has 5 heteroatoms. The van der Waals surface area contributed by atoms with Crippen LogP contribution in [0.15, 0.2) is 24.3 Å². The number of aryl methyl sites for hydroxylation is 1. The number of carbonyl (C=O) groups is 2. The van der Waals surface area contributed by atoms with E-state index < -0.39 is 11.8 Å². The van der Waals surface area contributed by atoms with Gasteiger partial charge < -0.3 is 15.5 Å². The Morgan fingerprint density at radius 1 is 1.00 bits per heavy atom. The highest BCUT2D eigenvalue weighted by Crippen LogP contribution is 2.02. The number of carbonyl (C=O) groups excluding carboxylic acids is 2. The first-order valence-electron chi connectivity index (χ1n) is 7.90. The lowest BCUT2D eigenvalue weighted by Gasteiger charge is -2.17. The minimum atomic E-state index is -0.580. The van der Waals surface area contributed by atoms with Crippen molar-refractivity contribution in [1.29, 1.82) is 0 Å². The van der Waals surface area contributed by atoms with Crippen molar-refractivity contribution in [2.75, 3.05) is 26.2 Å². The molecule has 0 saturated heterocycles. The predicted molar refractivity (Wildman–Crippen MR) is 88.4 cm³/mol. The highest BCUT2D eigenvalue weighted by atomic mass is 16.2. The highest BCUT2D eigenvalue weighted by molar-refractivity contribution is 6.35. The van der Waals surface area contributed by atoms with Crippen molar-refractivity contribution in [3.63, 3.8) is 0 Å². The van der Waals surface area contributed by atoms with Crippen LogP contribution in [0.4, 0.5) is 0 Å². The molecule has 0 atom stereocenters.